The van der Waals surface area contributed by atoms with Crippen molar-refractivity contribution in [3.05, 3.63) is 0 Å². The molecule has 4 nitrogen and oxygen atoms in total. The summed E-state index contributed by atoms with van der Waals surface area (Å²) in [7, 11) is 3.25. The molecule has 0 aliphatic carbocycles. The average molecular weight is 187 g/mol. The van der Waals surface area contributed by atoms with Gasteiger partial charge in [0.05, 0.1) is 0 Å². The summed E-state index contributed by atoms with van der Waals surface area (Å²) in [6.07, 6.45) is 2.61. The summed E-state index contributed by atoms with van der Waals surface area (Å²) in [6, 6.07) is 0. The summed E-state index contributed by atoms with van der Waals surface area (Å²) in [4.78, 5) is 13.0. The van der Waals surface area contributed by atoms with E-state index < -0.39 is 0 Å². The Kier molecular flexibility index (Phi) is 3.69. The van der Waals surface area contributed by atoms with Crippen molar-refractivity contribution in [2.45, 2.75) is 38.6 Å². The first-order chi connectivity index (χ1) is 6.20. The Morgan fingerprint density at radius 1 is 1.23 bits per heavy atom. The number of piperidine rings is 1. The second-order valence-electron chi connectivity index (χ2n) is 3.24. The smallest absolute Gasteiger partial charge is 0.223 e. The predicted octanol–water partition coefficient (Wildman–Crippen LogP) is 0.964. The van der Waals surface area contributed by atoms with Gasteiger partial charge in [-0.25, -0.2) is 0 Å². The van der Waals surface area contributed by atoms with Gasteiger partial charge in [-0.1, -0.05) is 0 Å². The van der Waals surface area contributed by atoms with Gasteiger partial charge in [-0.15, -0.1) is 0 Å². The molecule has 1 amide bonds. The number of hydrogen-bond acceptors (Lipinski definition) is 3. The minimum absolute atomic E-state index is 0.0124. The van der Waals surface area contributed by atoms with Crippen LogP contribution in [0.4, 0.5) is 0 Å². The highest BCUT2D eigenvalue weighted by molar-refractivity contribution is 5.73. The molecule has 0 aromatic carbocycles. The van der Waals surface area contributed by atoms with Gasteiger partial charge in [0.1, 0.15) is 12.5 Å². The topological polar surface area (TPSA) is 38.8 Å². The van der Waals surface area contributed by atoms with E-state index in [1.165, 1.54) is 0 Å². The fourth-order valence-electron chi connectivity index (χ4n) is 1.80. The largest absolute Gasteiger partial charge is 0.361 e. The van der Waals surface area contributed by atoms with Crippen LogP contribution in [0.2, 0.25) is 0 Å². The SMILES string of the molecule is CO[C@@H]1CCC[C@@H](OC)N1C(C)=O. The highest BCUT2D eigenvalue weighted by Crippen LogP contribution is 2.23. The van der Waals surface area contributed by atoms with Crippen LogP contribution < -0.4 is 0 Å². The van der Waals surface area contributed by atoms with Gasteiger partial charge >= 0.3 is 0 Å². The number of methoxy groups -OCH3 is 2. The summed E-state index contributed by atoms with van der Waals surface area (Å²) in [5.41, 5.74) is 0. The van der Waals surface area contributed by atoms with E-state index in [0.29, 0.717) is 0 Å². The van der Waals surface area contributed by atoms with E-state index in [1.54, 1.807) is 26.0 Å². The molecule has 1 heterocycles. The molecule has 0 unspecified atom stereocenters. The number of likely N-dealkylation sites (tertiary alicyclic amines) is 1. The molecule has 0 radical (unpaired) electrons. The maximum Gasteiger partial charge on any atom is 0.223 e. The molecule has 1 rings (SSSR count). The van der Waals surface area contributed by atoms with Crippen LogP contribution in [-0.4, -0.2) is 37.5 Å². The normalized spacial score (nSPS) is 29.0. The van der Waals surface area contributed by atoms with E-state index in [9.17, 15) is 4.79 Å². The van der Waals surface area contributed by atoms with Crippen LogP contribution >= 0.6 is 0 Å². The Labute approximate surface area is 78.8 Å². The van der Waals surface area contributed by atoms with Crippen LogP contribution in [0.3, 0.4) is 0 Å². The van der Waals surface area contributed by atoms with E-state index in [0.717, 1.165) is 19.3 Å². The molecule has 0 bridgehead atoms. The number of amides is 1. The van der Waals surface area contributed by atoms with E-state index in [2.05, 4.69) is 0 Å². The Hall–Kier alpha value is -0.610. The van der Waals surface area contributed by atoms with Crippen LogP contribution in [-0.2, 0) is 14.3 Å². The van der Waals surface area contributed by atoms with Crippen LogP contribution in [0, 0.1) is 0 Å². The van der Waals surface area contributed by atoms with E-state index in [1.807, 2.05) is 0 Å². The van der Waals surface area contributed by atoms with Gasteiger partial charge in [-0.3, -0.25) is 9.69 Å². The van der Waals surface area contributed by atoms with E-state index >= 15 is 0 Å². The molecule has 1 aliphatic heterocycles. The maximum atomic E-state index is 11.3. The first-order valence-corrected chi connectivity index (χ1v) is 4.55. The van der Waals surface area contributed by atoms with Crippen LogP contribution in [0.5, 0.6) is 0 Å². The third kappa shape index (κ3) is 2.19. The summed E-state index contributed by atoms with van der Waals surface area (Å²) < 4.78 is 10.4. The zero-order valence-corrected chi connectivity index (χ0v) is 8.45. The molecule has 13 heavy (non-hydrogen) atoms. The summed E-state index contributed by atoms with van der Waals surface area (Å²) >= 11 is 0. The lowest BCUT2D eigenvalue weighted by molar-refractivity contribution is -0.178. The predicted molar refractivity (Wildman–Crippen MR) is 48.0 cm³/mol. The van der Waals surface area contributed by atoms with Crippen molar-refractivity contribution in [3.8, 4) is 0 Å². The highest BCUT2D eigenvalue weighted by atomic mass is 16.5. The molecule has 0 saturated carbocycles. The standard InChI is InChI=1S/C9H17NO3/c1-7(11)10-8(12-2)5-4-6-9(10)13-3/h8-9H,4-6H2,1-3H3/t8-,9-/m1/s1. The number of hydrogen-bond donors (Lipinski definition) is 0. The average Bonchev–Trinajstić information content (AvgIpc) is 2.16. The molecule has 1 fully saturated rings. The first kappa shape index (κ1) is 10.5. The van der Waals surface area contributed by atoms with Crippen molar-refractivity contribution >= 4 is 5.91 Å². The molecule has 0 N–H and O–H groups in total. The Morgan fingerprint density at radius 3 is 2.00 bits per heavy atom. The number of carbonyl (C=O) groups is 1. The molecule has 0 spiro atoms. The number of ether oxygens (including phenoxy) is 2. The van der Waals surface area contributed by atoms with E-state index in [-0.39, 0.29) is 18.4 Å². The zero-order valence-electron chi connectivity index (χ0n) is 8.45. The van der Waals surface area contributed by atoms with Crippen molar-refractivity contribution in [2.75, 3.05) is 14.2 Å². The van der Waals surface area contributed by atoms with Crippen molar-refractivity contribution in [3.63, 3.8) is 0 Å². The fourth-order valence-corrected chi connectivity index (χ4v) is 1.80. The third-order valence-corrected chi connectivity index (χ3v) is 2.43. The molecular formula is C9H17NO3. The Morgan fingerprint density at radius 2 is 1.69 bits per heavy atom. The highest BCUT2D eigenvalue weighted by Gasteiger charge is 2.32. The lowest BCUT2D eigenvalue weighted by Crippen LogP contribution is -2.50. The van der Waals surface area contributed by atoms with E-state index in [4.69, 9.17) is 9.47 Å². The third-order valence-electron chi connectivity index (χ3n) is 2.43. The summed E-state index contributed by atoms with van der Waals surface area (Å²) in [6.45, 7) is 1.54. The summed E-state index contributed by atoms with van der Waals surface area (Å²) in [5, 5.41) is 0. The monoisotopic (exact) mass is 187 g/mol. The van der Waals surface area contributed by atoms with Gasteiger partial charge in [0.2, 0.25) is 5.91 Å². The van der Waals surface area contributed by atoms with Crippen molar-refractivity contribution < 1.29 is 14.3 Å². The van der Waals surface area contributed by atoms with Gasteiger partial charge in [0, 0.05) is 21.1 Å². The quantitative estimate of drug-likeness (QED) is 0.646. The Bertz CT molecular complexity index is 172. The van der Waals surface area contributed by atoms with Crippen LogP contribution in [0.25, 0.3) is 0 Å². The fraction of sp³-hybridized carbons (Fsp3) is 0.889. The molecule has 0 aromatic heterocycles. The van der Waals surface area contributed by atoms with Crippen molar-refractivity contribution in [1.82, 2.24) is 4.90 Å². The second-order valence-corrected chi connectivity index (χ2v) is 3.24. The number of carbonyl (C=O) groups excluding carboxylic acids is 1. The number of rotatable bonds is 2. The minimum atomic E-state index is -0.115. The lowest BCUT2D eigenvalue weighted by atomic mass is 10.1. The second kappa shape index (κ2) is 4.58. The van der Waals surface area contributed by atoms with Gasteiger partial charge in [0.15, 0.2) is 0 Å². The zero-order chi connectivity index (χ0) is 9.84. The minimum Gasteiger partial charge on any atom is -0.361 e. The molecule has 76 valence electrons. The van der Waals surface area contributed by atoms with Gasteiger partial charge in [-0.2, -0.15) is 0 Å². The maximum absolute atomic E-state index is 11.3. The van der Waals surface area contributed by atoms with Gasteiger partial charge < -0.3 is 9.47 Å². The molecule has 0 aromatic rings. The van der Waals surface area contributed by atoms with Crippen molar-refractivity contribution in [1.29, 1.82) is 0 Å². The number of nitrogens with zero attached hydrogens (tertiary/aromatic N) is 1. The summed E-state index contributed by atoms with van der Waals surface area (Å²) in [5.74, 6) is 0.0124. The lowest BCUT2D eigenvalue weighted by Gasteiger charge is -2.39. The van der Waals surface area contributed by atoms with Gasteiger partial charge in [0.25, 0.3) is 0 Å². The van der Waals surface area contributed by atoms with Crippen LogP contribution in [0.1, 0.15) is 26.2 Å². The van der Waals surface area contributed by atoms with Crippen LogP contribution in [0.15, 0.2) is 0 Å². The molecule has 1 saturated heterocycles. The molecular weight excluding hydrogens is 170 g/mol. The Balaban J connectivity index is 2.69. The molecule has 2 atom stereocenters. The van der Waals surface area contributed by atoms with Crippen molar-refractivity contribution in [2.24, 2.45) is 0 Å². The first-order valence-electron chi connectivity index (χ1n) is 4.55. The van der Waals surface area contributed by atoms with Gasteiger partial charge in [-0.05, 0) is 19.3 Å². The molecule has 4 heteroatoms. The molecule has 1 aliphatic rings.